The lowest BCUT2D eigenvalue weighted by atomic mass is 9.86. The molecule has 2 aliphatic rings. The van der Waals surface area contributed by atoms with Gasteiger partial charge in [-0.3, -0.25) is 4.90 Å². The van der Waals surface area contributed by atoms with Crippen molar-refractivity contribution < 1.29 is 9.63 Å². The number of fused-ring (bicyclic) bond motifs is 1. The average molecular weight is 496 g/mol. The molecular formula is C30H33N5O2. The van der Waals surface area contributed by atoms with Gasteiger partial charge in [-0.25, -0.2) is 4.79 Å². The first-order valence-electron chi connectivity index (χ1n) is 13.4. The van der Waals surface area contributed by atoms with Gasteiger partial charge in [-0.1, -0.05) is 48.2 Å². The largest absolute Gasteiger partial charge is 0.369 e. The van der Waals surface area contributed by atoms with Crippen molar-refractivity contribution in [3.63, 3.8) is 0 Å². The van der Waals surface area contributed by atoms with Crippen LogP contribution in [0, 0.1) is 5.92 Å². The van der Waals surface area contributed by atoms with Crippen molar-refractivity contribution in [1.82, 2.24) is 20.1 Å². The lowest BCUT2D eigenvalue weighted by Gasteiger charge is -2.42. The molecule has 6 rings (SSSR count). The van der Waals surface area contributed by atoms with Crippen molar-refractivity contribution in [3.8, 4) is 11.1 Å². The van der Waals surface area contributed by atoms with Gasteiger partial charge in [0, 0.05) is 37.9 Å². The van der Waals surface area contributed by atoms with E-state index in [1.165, 1.54) is 36.2 Å². The molecule has 0 amide bonds. The van der Waals surface area contributed by atoms with E-state index in [9.17, 15) is 4.79 Å². The Labute approximate surface area is 217 Å². The summed E-state index contributed by atoms with van der Waals surface area (Å²) in [6.45, 7) is 6.88. The van der Waals surface area contributed by atoms with E-state index in [1.54, 1.807) is 12.1 Å². The van der Waals surface area contributed by atoms with Crippen LogP contribution in [-0.2, 0) is 0 Å². The highest BCUT2D eigenvalue weighted by molar-refractivity contribution is 5.90. The SMILES string of the molecule is C[C@H]1CC[C@@H](N2CCN(c3ccc(-c4ccc(C(=O)On5nnc6ccccc65)cc4)cc3)CC2)CC1. The zero-order chi connectivity index (χ0) is 25.2. The normalized spacial score (nSPS) is 20.7. The van der Waals surface area contributed by atoms with Crippen molar-refractivity contribution in [2.24, 2.45) is 5.92 Å². The highest BCUT2D eigenvalue weighted by atomic mass is 16.7. The van der Waals surface area contributed by atoms with E-state index in [2.05, 4.69) is 51.3 Å². The Balaban J connectivity index is 1.06. The fourth-order valence-electron chi connectivity index (χ4n) is 5.66. The minimum atomic E-state index is -0.473. The first-order chi connectivity index (χ1) is 18.1. The first-order valence-corrected chi connectivity index (χ1v) is 13.4. The Morgan fingerprint density at radius 3 is 2.16 bits per heavy atom. The molecule has 7 nitrogen and oxygen atoms in total. The van der Waals surface area contributed by atoms with Crippen LogP contribution < -0.4 is 9.74 Å². The standard InChI is InChI=1S/C30H33N5O2/c1-22-6-14-26(15-7-22)33-18-20-34(21-19-33)27-16-12-24(13-17-27)23-8-10-25(11-9-23)30(36)37-35-29-5-3-2-4-28(29)31-32-35/h2-5,8-13,16-17,22,26H,6-7,14-15,18-21H2,1H3/t22-,26+. The summed E-state index contributed by atoms with van der Waals surface area (Å²) in [7, 11) is 0. The van der Waals surface area contributed by atoms with Crippen LogP contribution in [0.15, 0.2) is 72.8 Å². The molecule has 1 aliphatic heterocycles. The lowest BCUT2D eigenvalue weighted by molar-refractivity contribution is 0.0409. The van der Waals surface area contributed by atoms with Gasteiger partial charge < -0.3 is 9.74 Å². The monoisotopic (exact) mass is 495 g/mol. The number of carbonyl (C=O) groups excluding carboxylic acids is 1. The molecule has 0 spiro atoms. The lowest BCUT2D eigenvalue weighted by Crippen LogP contribution is -2.51. The molecule has 0 atom stereocenters. The summed E-state index contributed by atoms with van der Waals surface area (Å²) in [5, 5.41) is 7.94. The van der Waals surface area contributed by atoms with Crippen molar-refractivity contribution in [2.75, 3.05) is 31.1 Å². The quantitative estimate of drug-likeness (QED) is 0.360. The third-order valence-corrected chi connectivity index (χ3v) is 7.99. The van der Waals surface area contributed by atoms with Crippen LogP contribution in [0.4, 0.5) is 5.69 Å². The second kappa shape index (κ2) is 10.3. The van der Waals surface area contributed by atoms with Crippen molar-refractivity contribution in [3.05, 3.63) is 78.4 Å². The fourth-order valence-corrected chi connectivity index (χ4v) is 5.66. The van der Waals surface area contributed by atoms with Crippen LogP contribution in [0.2, 0.25) is 0 Å². The van der Waals surface area contributed by atoms with Crippen molar-refractivity contribution >= 4 is 22.7 Å². The van der Waals surface area contributed by atoms with Crippen molar-refractivity contribution in [1.29, 1.82) is 0 Å². The summed E-state index contributed by atoms with van der Waals surface area (Å²) in [4.78, 5) is 24.5. The smallest absolute Gasteiger partial charge is 0.365 e. The second-order valence-electron chi connectivity index (χ2n) is 10.4. The van der Waals surface area contributed by atoms with Gasteiger partial charge in [-0.05, 0) is 84.3 Å². The molecule has 2 heterocycles. The number of hydrogen-bond acceptors (Lipinski definition) is 6. The first kappa shape index (κ1) is 23.7. The summed E-state index contributed by atoms with van der Waals surface area (Å²) in [5.41, 5.74) is 5.25. The van der Waals surface area contributed by atoms with E-state index in [-0.39, 0.29) is 0 Å². The molecule has 1 saturated carbocycles. The highest BCUT2D eigenvalue weighted by Crippen LogP contribution is 2.29. The number of anilines is 1. The number of hydrogen-bond donors (Lipinski definition) is 0. The minimum absolute atomic E-state index is 0.463. The van der Waals surface area contributed by atoms with Crippen LogP contribution in [0.1, 0.15) is 43.0 Å². The zero-order valence-electron chi connectivity index (χ0n) is 21.3. The van der Waals surface area contributed by atoms with Crippen LogP contribution >= 0.6 is 0 Å². The van der Waals surface area contributed by atoms with E-state index in [1.807, 2.05) is 36.4 Å². The molecule has 7 heteroatoms. The number of carbonyl (C=O) groups is 1. The number of piperazine rings is 1. The molecule has 0 unspecified atom stereocenters. The van der Waals surface area contributed by atoms with Gasteiger partial charge in [0.1, 0.15) is 11.0 Å². The molecule has 2 fully saturated rings. The molecule has 0 bridgehead atoms. The summed E-state index contributed by atoms with van der Waals surface area (Å²) in [6, 6.07) is 24.4. The van der Waals surface area contributed by atoms with Crippen LogP contribution in [0.5, 0.6) is 0 Å². The number of benzene rings is 3. The predicted molar refractivity (Wildman–Crippen MR) is 146 cm³/mol. The van der Waals surface area contributed by atoms with Gasteiger partial charge in [-0.2, -0.15) is 0 Å². The molecule has 1 aromatic heterocycles. The van der Waals surface area contributed by atoms with E-state index >= 15 is 0 Å². The summed E-state index contributed by atoms with van der Waals surface area (Å²) >= 11 is 0. The maximum atomic E-state index is 12.6. The van der Waals surface area contributed by atoms with E-state index in [0.29, 0.717) is 16.6 Å². The number of para-hydroxylation sites is 1. The molecule has 0 N–H and O–H groups in total. The Morgan fingerprint density at radius 2 is 1.46 bits per heavy atom. The van der Waals surface area contributed by atoms with E-state index in [0.717, 1.165) is 49.3 Å². The second-order valence-corrected chi connectivity index (χ2v) is 10.4. The predicted octanol–water partition coefficient (Wildman–Crippen LogP) is 5.07. The minimum Gasteiger partial charge on any atom is -0.369 e. The maximum absolute atomic E-state index is 12.6. The van der Waals surface area contributed by atoms with E-state index < -0.39 is 5.97 Å². The van der Waals surface area contributed by atoms with Gasteiger partial charge in [0.05, 0.1) is 5.56 Å². The molecule has 1 aliphatic carbocycles. The fraction of sp³-hybridized carbons (Fsp3) is 0.367. The van der Waals surface area contributed by atoms with Crippen LogP contribution in [-0.4, -0.2) is 58.2 Å². The van der Waals surface area contributed by atoms with Gasteiger partial charge in [0.25, 0.3) is 0 Å². The molecular weight excluding hydrogens is 462 g/mol. The molecule has 1 saturated heterocycles. The Kier molecular flexibility index (Phi) is 6.62. The Morgan fingerprint density at radius 1 is 0.811 bits per heavy atom. The molecule has 190 valence electrons. The van der Waals surface area contributed by atoms with Crippen LogP contribution in [0.25, 0.3) is 22.2 Å². The third kappa shape index (κ3) is 5.09. The number of nitrogens with zero attached hydrogens (tertiary/aromatic N) is 5. The molecule has 3 aromatic carbocycles. The highest BCUT2D eigenvalue weighted by Gasteiger charge is 2.27. The van der Waals surface area contributed by atoms with Crippen molar-refractivity contribution in [2.45, 2.75) is 38.6 Å². The van der Waals surface area contributed by atoms with Gasteiger partial charge in [0.15, 0.2) is 0 Å². The summed E-state index contributed by atoms with van der Waals surface area (Å²) in [6.07, 6.45) is 5.49. The summed E-state index contributed by atoms with van der Waals surface area (Å²) in [5.74, 6) is 0.431. The molecule has 37 heavy (non-hydrogen) atoms. The zero-order valence-corrected chi connectivity index (χ0v) is 21.3. The third-order valence-electron chi connectivity index (χ3n) is 7.99. The van der Waals surface area contributed by atoms with Gasteiger partial charge in [-0.15, -0.1) is 5.10 Å². The van der Waals surface area contributed by atoms with Crippen LogP contribution in [0.3, 0.4) is 0 Å². The molecule has 0 radical (unpaired) electrons. The molecule has 4 aromatic rings. The number of rotatable bonds is 5. The van der Waals surface area contributed by atoms with E-state index in [4.69, 9.17) is 4.84 Å². The Bertz CT molecular complexity index is 1350. The maximum Gasteiger partial charge on any atom is 0.365 e. The van der Waals surface area contributed by atoms with Gasteiger partial charge >= 0.3 is 5.97 Å². The topological polar surface area (TPSA) is 63.5 Å². The van der Waals surface area contributed by atoms with Gasteiger partial charge in [0.2, 0.25) is 0 Å². The number of aromatic nitrogens is 3. The summed E-state index contributed by atoms with van der Waals surface area (Å²) < 4.78 is 0. The Hall–Kier alpha value is -3.71. The average Bonchev–Trinajstić information content (AvgIpc) is 3.36.